The van der Waals surface area contributed by atoms with Crippen molar-refractivity contribution >= 4 is 34.1 Å². The SMILES string of the molecule is COc1ccccc1N1CCN(C(=O)C(=O)Nc2cccc3cccnc23)CC1. The Labute approximate surface area is 168 Å². The Morgan fingerprint density at radius 2 is 1.72 bits per heavy atom. The second-order valence-corrected chi connectivity index (χ2v) is 6.79. The number of methoxy groups -OCH3 is 1. The molecule has 29 heavy (non-hydrogen) atoms. The number of ether oxygens (including phenoxy) is 1. The van der Waals surface area contributed by atoms with Crippen LogP contribution in [0.4, 0.5) is 11.4 Å². The molecule has 1 N–H and O–H groups in total. The molecular weight excluding hydrogens is 368 g/mol. The summed E-state index contributed by atoms with van der Waals surface area (Å²) in [6, 6.07) is 17.0. The number of para-hydroxylation sites is 3. The molecule has 1 aromatic heterocycles. The highest BCUT2D eigenvalue weighted by molar-refractivity contribution is 6.40. The van der Waals surface area contributed by atoms with Crippen LogP contribution in [0.3, 0.4) is 0 Å². The molecule has 3 aromatic rings. The molecular formula is C22H22N4O3. The molecule has 0 unspecified atom stereocenters. The van der Waals surface area contributed by atoms with Crippen molar-refractivity contribution in [2.45, 2.75) is 0 Å². The van der Waals surface area contributed by atoms with E-state index in [4.69, 9.17) is 4.74 Å². The largest absolute Gasteiger partial charge is 0.495 e. The summed E-state index contributed by atoms with van der Waals surface area (Å²) in [5, 5.41) is 3.62. The molecule has 7 nitrogen and oxygen atoms in total. The lowest BCUT2D eigenvalue weighted by Gasteiger charge is -2.36. The van der Waals surface area contributed by atoms with Crippen LogP contribution in [0.25, 0.3) is 10.9 Å². The molecule has 0 aliphatic carbocycles. The summed E-state index contributed by atoms with van der Waals surface area (Å²) in [4.78, 5) is 33.3. The fourth-order valence-corrected chi connectivity index (χ4v) is 3.57. The van der Waals surface area contributed by atoms with Gasteiger partial charge in [0, 0.05) is 37.8 Å². The van der Waals surface area contributed by atoms with Gasteiger partial charge in [-0.2, -0.15) is 0 Å². The van der Waals surface area contributed by atoms with Crippen molar-refractivity contribution in [3.8, 4) is 5.75 Å². The van der Waals surface area contributed by atoms with Crippen molar-refractivity contribution < 1.29 is 14.3 Å². The van der Waals surface area contributed by atoms with Gasteiger partial charge in [-0.25, -0.2) is 0 Å². The number of hydrogen-bond donors (Lipinski definition) is 1. The number of rotatable bonds is 3. The number of carbonyl (C=O) groups is 2. The summed E-state index contributed by atoms with van der Waals surface area (Å²) < 4.78 is 5.42. The van der Waals surface area contributed by atoms with Gasteiger partial charge in [-0.15, -0.1) is 0 Å². The van der Waals surface area contributed by atoms with Crippen molar-refractivity contribution in [1.82, 2.24) is 9.88 Å². The summed E-state index contributed by atoms with van der Waals surface area (Å²) >= 11 is 0. The molecule has 7 heteroatoms. The second kappa shape index (κ2) is 8.18. The molecule has 4 rings (SSSR count). The third-order valence-corrected chi connectivity index (χ3v) is 5.07. The van der Waals surface area contributed by atoms with E-state index in [-0.39, 0.29) is 0 Å². The van der Waals surface area contributed by atoms with E-state index in [1.54, 1.807) is 24.3 Å². The minimum atomic E-state index is -0.645. The normalized spacial score (nSPS) is 14.0. The Morgan fingerprint density at radius 1 is 0.966 bits per heavy atom. The molecule has 148 valence electrons. The minimum Gasteiger partial charge on any atom is -0.495 e. The van der Waals surface area contributed by atoms with Gasteiger partial charge in [0.25, 0.3) is 0 Å². The Kier molecular flexibility index (Phi) is 5.29. The van der Waals surface area contributed by atoms with Crippen LogP contribution >= 0.6 is 0 Å². The number of anilines is 2. The van der Waals surface area contributed by atoms with Crippen LogP contribution in [0.1, 0.15) is 0 Å². The van der Waals surface area contributed by atoms with E-state index < -0.39 is 11.8 Å². The summed E-state index contributed by atoms with van der Waals surface area (Å²) in [6.45, 7) is 2.21. The highest BCUT2D eigenvalue weighted by Gasteiger charge is 2.27. The quantitative estimate of drug-likeness (QED) is 0.696. The lowest BCUT2D eigenvalue weighted by atomic mass is 10.2. The monoisotopic (exact) mass is 390 g/mol. The molecule has 0 saturated carbocycles. The van der Waals surface area contributed by atoms with Crippen molar-refractivity contribution in [3.63, 3.8) is 0 Å². The fourth-order valence-electron chi connectivity index (χ4n) is 3.57. The van der Waals surface area contributed by atoms with Crippen LogP contribution in [0.2, 0.25) is 0 Å². The number of nitrogens with one attached hydrogen (secondary N) is 1. The van der Waals surface area contributed by atoms with Gasteiger partial charge < -0.3 is 19.9 Å². The van der Waals surface area contributed by atoms with E-state index >= 15 is 0 Å². The Balaban J connectivity index is 1.41. The average molecular weight is 390 g/mol. The Hall–Kier alpha value is -3.61. The van der Waals surface area contributed by atoms with Gasteiger partial charge in [0.05, 0.1) is 24.0 Å². The molecule has 1 aliphatic rings. The predicted molar refractivity (Wildman–Crippen MR) is 112 cm³/mol. The smallest absolute Gasteiger partial charge is 0.313 e. The van der Waals surface area contributed by atoms with E-state index in [0.29, 0.717) is 37.4 Å². The first-order valence-corrected chi connectivity index (χ1v) is 9.49. The number of carbonyl (C=O) groups excluding carboxylic acids is 2. The van der Waals surface area contributed by atoms with E-state index in [0.717, 1.165) is 16.8 Å². The van der Waals surface area contributed by atoms with Gasteiger partial charge in [-0.3, -0.25) is 14.6 Å². The number of aromatic nitrogens is 1. The molecule has 2 aromatic carbocycles. The molecule has 2 heterocycles. The van der Waals surface area contributed by atoms with Gasteiger partial charge in [-0.05, 0) is 24.3 Å². The lowest BCUT2D eigenvalue weighted by molar-refractivity contribution is -0.143. The highest BCUT2D eigenvalue weighted by Crippen LogP contribution is 2.28. The van der Waals surface area contributed by atoms with E-state index in [2.05, 4.69) is 15.2 Å². The zero-order valence-corrected chi connectivity index (χ0v) is 16.2. The maximum atomic E-state index is 12.7. The summed E-state index contributed by atoms with van der Waals surface area (Å²) in [5.41, 5.74) is 2.19. The summed E-state index contributed by atoms with van der Waals surface area (Å²) in [7, 11) is 1.64. The molecule has 0 atom stereocenters. The number of hydrogen-bond acceptors (Lipinski definition) is 5. The molecule has 0 bridgehead atoms. The van der Waals surface area contributed by atoms with Gasteiger partial charge in [-0.1, -0.05) is 30.3 Å². The fraction of sp³-hybridized carbons (Fsp3) is 0.227. The van der Waals surface area contributed by atoms with Crippen LogP contribution in [0.15, 0.2) is 60.8 Å². The number of amides is 2. The van der Waals surface area contributed by atoms with E-state index in [1.165, 1.54) is 0 Å². The van der Waals surface area contributed by atoms with Crippen LogP contribution < -0.4 is 15.0 Å². The minimum absolute atomic E-state index is 0.470. The highest BCUT2D eigenvalue weighted by atomic mass is 16.5. The number of fused-ring (bicyclic) bond motifs is 1. The standard InChI is InChI=1S/C22H22N4O3/c1-29-19-10-3-2-9-18(19)25-12-14-26(15-13-25)22(28)21(27)24-17-8-4-6-16-7-5-11-23-20(16)17/h2-11H,12-15H2,1H3,(H,24,27). The van der Waals surface area contributed by atoms with Crippen LogP contribution in [-0.2, 0) is 9.59 Å². The first-order valence-electron chi connectivity index (χ1n) is 9.49. The summed E-state index contributed by atoms with van der Waals surface area (Å²) in [6.07, 6.45) is 1.66. The maximum absolute atomic E-state index is 12.7. The van der Waals surface area contributed by atoms with Crippen molar-refractivity contribution in [2.75, 3.05) is 43.5 Å². The molecule has 1 aliphatic heterocycles. The number of piperazine rings is 1. The molecule has 1 saturated heterocycles. The van der Waals surface area contributed by atoms with Crippen molar-refractivity contribution in [1.29, 1.82) is 0 Å². The maximum Gasteiger partial charge on any atom is 0.313 e. The van der Waals surface area contributed by atoms with E-state index in [1.807, 2.05) is 48.5 Å². The Bertz CT molecular complexity index is 1040. The first kappa shape index (κ1) is 18.7. The first-order chi connectivity index (χ1) is 14.2. The van der Waals surface area contributed by atoms with Gasteiger partial charge in [0.1, 0.15) is 5.75 Å². The van der Waals surface area contributed by atoms with Crippen LogP contribution in [0, 0.1) is 0 Å². The Morgan fingerprint density at radius 3 is 2.52 bits per heavy atom. The zero-order chi connectivity index (χ0) is 20.2. The lowest BCUT2D eigenvalue weighted by Crippen LogP contribution is -2.51. The number of nitrogens with zero attached hydrogens (tertiary/aromatic N) is 3. The van der Waals surface area contributed by atoms with Gasteiger partial charge in [0.15, 0.2) is 0 Å². The third-order valence-electron chi connectivity index (χ3n) is 5.07. The summed E-state index contributed by atoms with van der Waals surface area (Å²) in [5.74, 6) is -0.375. The molecule has 1 fully saturated rings. The molecule has 0 radical (unpaired) electrons. The van der Waals surface area contributed by atoms with Crippen molar-refractivity contribution in [3.05, 3.63) is 60.8 Å². The molecule has 2 amide bonds. The topological polar surface area (TPSA) is 74.8 Å². The van der Waals surface area contributed by atoms with Gasteiger partial charge in [0.2, 0.25) is 0 Å². The van der Waals surface area contributed by atoms with Crippen LogP contribution in [0.5, 0.6) is 5.75 Å². The van der Waals surface area contributed by atoms with Crippen LogP contribution in [-0.4, -0.2) is 55.0 Å². The van der Waals surface area contributed by atoms with E-state index in [9.17, 15) is 9.59 Å². The number of pyridine rings is 1. The average Bonchev–Trinajstić information content (AvgIpc) is 2.79. The number of benzene rings is 2. The third kappa shape index (κ3) is 3.85. The van der Waals surface area contributed by atoms with Gasteiger partial charge >= 0.3 is 11.8 Å². The second-order valence-electron chi connectivity index (χ2n) is 6.79. The molecule has 0 spiro atoms. The predicted octanol–water partition coefficient (Wildman–Crippen LogP) is 2.53. The zero-order valence-electron chi connectivity index (χ0n) is 16.2. The van der Waals surface area contributed by atoms with Crippen molar-refractivity contribution in [2.24, 2.45) is 0 Å².